The molecule has 0 saturated heterocycles. The maximum absolute atomic E-state index is 5.17. The van der Waals surface area contributed by atoms with Crippen molar-refractivity contribution in [2.45, 2.75) is 34.0 Å². The largest absolute Gasteiger partial charge is 0.356 e. The van der Waals surface area contributed by atoms with E-state index >= 15 is 0 Å². The van der Waals surface area contributed by atoms with E-state index in [-0.39, 0.29) is 12.4 Å². The SMILES string of the molecule is CCN(CC)CC.COC(C)OCCl. The molecule has 0 saturated carbocycles. The third-order valence-corrected chi connectivity index (χ3v) is 2.10. The minimum Gasteiger partial charge on any atom is -0.356 e. The van der Waals surface area contributed by atoms with Gasteiger partial charge in [0.05, 0.1) is 0 Å². The van der Waals surface area contributed by atoms with Crippen LogP contribution in [0.4, 0.5) is 0 Å². The minimum absolute atomic E-state index is 0.183. The summed E-state index contributed by atoms with van der Waals surface area (Å²) in [5.74, 6) is 0. The molecule has 0 aliphatic carbocycles. The molecule has 0 fully saturated rings. The first-order chi connectivity index (χ1) is 6.65. The summed E-state index contributed by atoms with van der Waals surface area (Å²) in [6, 6.07) is 0.189. The molecule has 0 radical (unpaired) electrons. The van der Waals surface area contributed by atoms with Crippen LogP contribution in [0, 0.1) is 0 Å². The number of hydrogen-bond donors (Lipinski definition) is 0. The van der Waals surface area contributed by atoms with Gasteiger partial charge in [-0.3, -0.25) is 0 Å². The Bertz CT molecular complexity index is 94.6. The van der Waals surface area contributed by atoms with E-state index in [2.05, 4.69) is 30.4 Å². The molecule has 0 aromatic rings. The number of alkyl halides is 1. The zero-order valence-corrected chi connectivity index (χ0v) is 10.8. The summed E-state index contributed by atoms with van der Waals surface area (Å²) in [6.45, 7) is 11.9. The molecule has 0 aromatic heterocycles. The van der Waals surface area contributed by atoms with Crippen molar-refractivity contribution in [1.82, 2.24) is 4.90 Å². The van der Waals surface area contributed by atoms with Crippen LogP contribution in [0.3, 0.4) is 0 Å². The topological polar surface area (TPSA) is 21.7 Å². The monoisotopic (exact) mass is 225 g/mol. The van der Waals surface area contributed by atoms with Crippen molar-refractivity contribution in [3.8, 4) is 0 Å². The predicted molar refractivity (Wildman–Crippen MR) is 61.7 cm³/mol. The molecule has 0 bridgehead atoms. The van der Waals surface area contributed by atoms with Crippen LogP contribution >= 0.6 is 11.6 Å². The van der Waals surface area contributed by atoms with E-state index in [9.17, 15) is 0 Å². The lowest BCUT2D eigenvalue weighted by molar-refractivity contribution is -0.0951. The van der Waals surface area contributed by atoms with Gasteiger partial charge in [0.1, 0.15) is 6.07 Å². The lowest BCUT2D eigenvalue weighted by Gasteiger charge is -2.13. The highest BCUT2D eigenvalue weighted by Gasteiger charge is 1.92. The van der Waals surface area contributed by atoms with Crippen molar-refractivity contribution in [3.05, 3.63) is 0 Å². The maximum atomic E-state index is 5.17. The summed E-state index contributed by atoms with van der Waals surface area (Å²) in [5.41, 5.74) is 0. The quantitative estimate of drug-likeness (QED) is 0.512. The van der Waals surface area contributed by atoms with Gasteiger partial charge in [0.2, 0.25) is 0 Å². The molecule has 0 aromatic carbocycles. The number of methoxy groups -OCH3 is 1. The molecule has 3 nitrogen and oxygen atoms in total. The molecule has 0 N–H and O–H groups in total. The van der Waals surface area contributed by atoms with Crippen LogP contribution < -0.4 is 0 Å². The van der Waals surface area contributed by atoms with Gasteiger partial charge in [-0.15, -0.1) is 0 Å². The van der Waals surface area contributed by atoms with Crippen molar-refractivity contribution in [2.24, 2.45) is 0 Å². The lowest BCUT2D eigenvalue weighted by atomic mass is 10.5. The molecular formula is C10H24ClNO2. The van der Waals surface area contributed by atoms with Gasteiger partial charge in [0, 0.05) is 7.11 Å². The van der Waals surface area contributed by atoms with Gasteiger partial charge in [-0.25, -0.2) is 0 Å². The van der Waals surface area contributed by atoms with Crippen LogP contribution in [0.1, 0.15) is 27.7 Å². The number of ether oxygens (including phenoxy) is 2. The highest BCUT2D eigenvalue weighted by Crippen LogP contribution is 1.90. The van der Waals surface area contributed by atoms with Gasteiger partial charge in [-0.2, -0.15) is 0 Å². The van der Waals surface area contributed by atoms with E-state index in [4.69, 9.17) is 16.3 Å². The van der Waals surface area contributed by atoms with Crippen molar-refractivity contribution in [2.75, 3.05) is 32.8 Å². The van der Waals surface area contributed by atoms with E-state index < -0.39 is 0 Å². The molecule has 88 valence electrons. The Morgan fingerprint density at radius 1 is 1.14 bits per heavy atom. The third-order valence-electron chi connectivity index (χ3n) is 1.97. The molecule has 0 aliphatic heterocycles. The summed E-state index contributed by atoms with van der Waals surface area (Å²) in [6.07, 6.45) is -0.183. The molecule has 0 spiro atoms. The van der Waals surface area contributed by atoms with Gasteiger partial charge in [0.15, 0.2) is 6.29 Å². The molecule has 1 atom stereocenters. The van der Waals surface area contributed by atoms with Gasteiger partial charge < -0.3 is 14.4 Å². The van der Waals surface area contributed by atoms with Crippen molar-refractivity contribution in [3.63, 3.8) is 0 Å². The summed E-state index contributed by atoms with van der Waals surface area (Å²) in [4.78, 5) is 2.38. The average molecular weight is 226 g/mol. The van der Waals surface area contributed by atoms with Gasteiger partial charge in [-0.05, 0) is 26.6 Å². The second kappa shape index (κ2) is 13.2. The van der Waals surface area contributed by atoms with Gasteiger partial charge in [-0.1, -0.05) is 32.4 Å². The zero-order valence-electron chi connectivity index (χ0n) is 10.0. The fraction of sp³-hybridized carbons (Fsp3) is 1.00. The number of hydrogen-bond acceptors (Lipinski definition) is 3. The molecular weight excluding hydrogens is 202 g/mol. The molecule has 0 amide bonds. The number of rotatable bonds is 6. The molecule has 4 heteroatoms. The number of nitrogens with zero attached hydrogens (tertiary/aromatic N) is 1. The lowest BCUT2D eigenvalue weighted by Crippen LogP contribution is -2.21. The van der Waals surface area contributed by atoms with Gasteiger partial charge in [0.25, 0.3) is 0 Å². The van der Waals surface area contributed by atoms with Crippen LogP contribution in [0.5, 0.6) is 0 Å². The molecule has 1 unspecified atom stereocenters. The normalized spacial score (nSPS) is 12.2. The minimum atomic E-state index is -0.183. The van der Waals surface area contributed by atoms with E-state index in [1.54, 1.807) is 14.0 Å². The number of halogens is 1. The Kier molecular flexibility index (Phi) is 15.6. The van der Waals surface area contributed by atoms with Crippen molar-refractivity contribution in [1.29, 1.82) is 0 Å². The Labute approximate surface area is 93.3 Å². The first-order valence-electron chi connectivity index (χ1n) is 5.08. The Balaban J connectivity index is 0. The van der Waals surface area contributed by atoms with Crippen LogP contribution in [-0.2, 0) is 9.47 Å². The smallest absolute Gasteiger partial charge is 0.156 e. The Morgan fingerprint density at radius 3 is 1.64 bits per heavy atom. The Morgan fingerprint density at radius 2 is 1.57 bits per heavy atom. The molecule has 0 heterocycles. The van der Waals surface area contributed by atoms with Crippen LogP contribution in [0.25, 0.3) is 0 Å². The summed E-state index contributed by atoms with van der Waals surface area (Å²) in [5, 5.41) is 0. The van der Waals surface area contributed by atoms with E-state index in [0.29, 0.717) is 0 Å². The standard InChI is InChI=1S/C6H15N.C4H9ClO2/c1-4-7(5-2)6-3;1-4(6-2)7-3-5/h4-6H2,1-3H3;4H,3H2,1-2H3. The second-order valence-electron chi connectivity index (χ2n) is 2.70. The fourth-order valence-corrected chi connectivity index (χ4v) is 1.00. The average Bonchev–Trinajstić information content (AvgIpc) is 2.22. The van der Waals surface area contributed by atoms with Crippen molar-refractivity contribution < 1.29 is 9.47 Å². The maximum Gasteiger partial charge on any atom is 0.156 e. The predicted octanol–water partition coefficient (Wildman–Crippen LogP) is 2.54. The van der Waals surface area contributed by atoms with Crippen molar-refractivity contribution >= 4 is 11.6 Å². The van der Waals surface area contributed by atoms with E-state index in [1.807, 2.05) is 0 Å². The van der Waals surface area contributed by atoms with Crippen LogP contribution in [0.2, 0.25) is 0 Å². The van der Waals surface area contributed by atoms with E-state index in [0.717, 1.165) is 0 Å². The fourth-order valence-electron chi connectivity index (χ4n) is 0.828. The summed E-state index contributed by atoms with van der Waals surface area (Å²) >= 11 is 5.17. The van der Waals surface area contributed by atoms with Crippen LogP contribution in [-0.4, -0.2) is 44.0 Å². The Hall–Kier alpha value is 0.170. The second-order valence-corrected chi connectivity index (χ2v) is 2.92. The molecule has 14 heavy (non-hydrogen) atoms. The third kappa shape index (κ3) is 12.2. The summed E-state index contributed by atoms with van der Waals surface area (Å²) < 4.78 is 9.42. The first-order valence-corrected chi connectivity index (χ1v) is 5.62. The van der Waals surface area contributed by atoms with Gasteiger partial charge >= 0.3 is 0 Å². The highest BCUT2D eigenvalue weighted by atomic mass is 35.5. The molecule has 0 rings (SSSR count). The zero-order chi connectivity index (χ0) is 11.4. The highest BCUT2D eigenvalue weighted by molar-refractivity contribution is 6.17. The molecule has 0 aliphatic rings. The van der Waals surface area contributed by atoms with E-state index in [1.165, 1.54) is 19.6 Å². The summed E-state index contributed by atoms with van der Waals surface area (Å²) in [7, 11) is 1.57. The van der Waals surface area contributed by atoms with Crippen LogP contribution in [0.15, 0.2) is 0 Å². The first kappa shape index (κ1) is 16.6.